The molecule has 14 N–H and O–H groups in total. The van der Waals surface area contributed by atoms with Crippen molar-refractivity contribution in [1.82, 2.24) is 52.2 Å². The Bertz CT molecular complexity index is 3700. The van der Waals surface area contributed by atoms with Crippen LogP contribution in [0.4, 0.5) is 11.4 Å². The molecule has 0 atom stereocenters. The molecule has 2 aliphatic heterocycles. The SMILES string of the molecule is Cc1ccc(S(=O)(=O)NC2=CCC(=C(NCCCN(O)O)C3=CCOCCNN3)C=C2)c(C)c1NOCc1ccc[n+](CCSCC[n+]2cccc(C(=O)Nc3c(C)ccc(S(=O)(=O)NC4=CCC(=C(NCCCN(O)O)C5=CCOCCNN5)C=C4)c3C)c2)c1. The van der Waals surface area contributed by atoms with Gasteiger partial charge >= 0.3 is 0 Å². The van der Waals surface area contributed by atoms with E-state index in [0.29, 0.717) is 130 Å². The molecule has 0 saturated carbocycles. The second-order valence-corrected chi connectivity index (χ2v) is 26.2. The van der Waals surface area contributed by atoms with E-state index in [1.54, 1.807) is 80.4 Å². The van der Waals surface area contributed by atoms with Crippen LogP contribution in [0.15, 0.2) is 177 Å². The fourth-order valence-electron chi connectivity index (χ4n) is 10.1. The van der Waals surface area contributed by atoms with Gasteiger partial charge in [0.15, 0.2) is 37.9 Å². The molecule has 4 aromatic rings. The zero-order valence-electron chi connectivity index (χ0n) is 51.6. The first kappa shape index (κ1) is 69.4. The molecule has 0 saturated heterocycles. The van der Waals surface area contributed by atoms with Gasteiger partial charge in [-0.05, 0) is 135 Å². The highest BCUT2D eigenvalue weighted by molar-refractivity contribution is 7.99. The number of carbonyl (C=O) groups is 1. The lowest BCUT2D eigenvalue weighted by atomic mass is 10.0. The number of sulfonamides is 2. The van der Waals surface area contributed by atoms with Crippen molar-refractivity contribution in [1.29, 1.82) is 0 Å². The summed E-state index contributed by atoms with van der Waals surface area (Å²) in [4.78, 5) is 19.9. The van der Waals surface area contributed by atoms with Gasteiger partial charge in [0.1, 0.15) is 12.2 Å². The highest BCUT2D eigenvalue weighted by Gasteiger charge is 2.26. The van der Waals surface area contributed by atoms with Crippen molar-refractivity contribution in [3.05, 3.63) is 201 Å². The monoisotopic (exact) mass is 1310 g/mol. The average molecular weight is 1310 g/mol. The van der Waals surface area contributed by atoms with E-state index in [0.717, 1.165) is 63.1 Å². The number of nitrogens with one attached hydrogen (secondary N) is 10. The number of hydrogen-bond acceptors (Lipinski definition) is 22. The third kappa shape index (κ3) is 20.8. The standard InChI is InChI=1S/C62H83N14O12S3/c1-44-11-21-56(90(82,83)71-52-17-13-49(14-18-52)60(63-25-7-31-75(78)79)54-23-35-86-37-27-65-68-54)46(3)58(44)67-62(77)51-10-6-30-74(42-51)34-40-89-39-33-73-29-5-9-48(41-73)43-88-70-59-45(2)12-22-57(47(59)4)91(84,85)72-53-19-15-50(16-20-53)61(64-26-8-32-76(80)81)55-24-36-87-38-28-66-69-55/h5-6,9-13,15,17-24,29-30,41-42,63-66,68-72,78-81H,7-8,14,16,25-28,31-40,43H2,1-4H3/q+1/p+1. The summed E-state index contributed by atoms with van der Waals surface area (Å²) >= 11 is 1.76. The number of ether oxygens (including phenoxy) is 2. The van der Waals surface area contributed by atoms with Gasteiger partial charge in [0, 0.05) is 61.0 Å². The number of amides is 1. The highest BCUT2D eigenvalue weighted by atomic mass is 32.2. The van der Waals surface area contributed by atoms with Crippen LogP contribution in [-0.2, 0) is 54.1 Å². The number of aryl methyl sites for hydroxylation is 4. The van der Waals surface area contributed by atoms with E-state index in [-0.39, 0.29) is 45.8 Å². The van der Waals surface area contributed by atoms with Gasteiger partial charge in [-0.25, -0.2) is 36.8 Å². The van der Waals surface area contributed by atoms with Crippen molar-refractivity contribution < 1.29 is 65.9 Å². The van der Waals surface area contributed by atoms with E-state index in [4.69, 9.17) is 14.3 Å². The van der Waals surface area contributed by atoms with E-state index in [2.05, 4.69) is 57.1 Å². The number of pyridine rings is 2. The molecule has 0 spiro atoms. The fourth-order valence-corrected chi connectivity index (χ4v) is 13.6. The van der Waals surface area contributed by atoms with Gasteiger partial charge in [0.05, 0.1) is 89.3 Å². The molecule has 29 heteroatoms. The number of hydroxylamine groups is 4. The zero-order chi connectivity index (χ0) is 64.8. The third-order valence-electron chi connectivity index (χ3n) is 14.9. The number of nitrogens with zero attached hydrogens (tertiary/aromatic N) is 4. The van der Waals surface area contributed by atoms with Gasteiger partial charge in [-0.15, -0.1) is 11.8 Å². The predicted octanol–water partition coefficient (Wildman–Crippen LogP) is 4.61. The fraction of sp³-hybridized carbons (Fsp3) is 0.371. The maximum Gasteiger partial charge on any atom is 0.262 e. The molecule has 26 nitrogen and oxygen atoms in total. The summed E-state index contributed by atoms with van der Waals surface area (Å²) in [6.45, 7) is 12.7. The second kappa shape index (κ2) is 34.3. The van der Waals surface area contributed by atoms with E-state index in [1.807, 2.05) is 79.5 Å². The topological polar surface area (TPSA) is 328 Å². The molecule has 2 aliphatic carbocycles. The van der Waals surface area contributed by atoms with Crippen molar-refractivity contribution in [2.75, 3.05) is 88.0 Å². The molecule has 0 radical (unpaired) electrons. The summed E-state index contributed by atoms with van der Waals surface area (Å²) in [6.07, 6.45) is 23.8. The van der Waals surface area contributed by atoms with Gasteiger partial charge in [-0.2, -0.15) is 0 Å². The summed E-state index contributed by atoms with van der Waals surface area (Å²) in [5, 5.41) is 46.7. The van der Waals surface area contributed by atoms with Crippen LogP contribution in [0.5, 0.6) is 0 Å². The smallest absolute Gasteiger partial charge is 0.262 e. The van der Waals surface area contributed by atoms with Crippen LogP contribution >= 0.6 is 11.8 Å². The summed E-state index contributed by atoms with van der Waals surface area (Å²) in [6, 6.07) is 13.9. The van der Waals surface area contributed by atoms with Crippen LogP contribution in [0.3, 0.4) is 0 Å². The predicted molar refractivity (Wildman–Crippen MR) is 343 cm³/mol. The van der Waals surface area contributed by atoms with Gasteiger partial charge in [-0.1, -0.05) is 46.9 Å². The Morgan fingerprint density at radius 1 is 0.648 bits per heavy atom. The molecule has 4 aliphatic rings. The van der Waals surface area contributed by atoms with Crippen LogP contribution < -0.4 is 61.7 Å². The maximum absolute atomic E-state index is 14.0. The summed E-state index contributed by atoms with van der Waals surface area (Å²) in [7, 11) is -8.13. The van der Waals surface area contributed by atoms with Crippen LogP contribution in [0.1, 0.15) is 63.9 Å². The van der Waals surface area contributed by atoms with Crippen LogP contribution in [0.2, 0.25) is 0 Å². The first-order valence-electron chi connectivity index (χ1n) is 29.9. The number of allylic oxidation sites excluding steroid dienone is 8. The van der Waals surface area contributed by atoms with Crippen molar-refractivity contribution >= 4 is 49.1 Å². The molecule has 0 unspecified atom stereocenters. The number of thioether (sulfide) groups is 1. The Labute approximate surface area is 536 Å². The Morgan fingerprint density at radius 3 is 1.67 bits per heavy atom. The Kier molecular flexibility index (Phi) is 26.1. The molecule has 2 aromatic carbocycles. The van der Waals surface area contributed by atoms with Crippen molar-refractivity contribution in [3.8, 4) is 0 Å². The molecule has 490 valence electrons. The lowest BCUT2D eigenvalue weighted by Crippen LogP contribution is -2.39. The number of hydrogen-bond donors (Lipinski definition) is 14. The van der Waals surface area contributed by atoms with E-state index in [1.165, 1.54) is 6.07 Å². The maximum atomic E-state index is 14.0. The minimum atomic E-state index is -4.10. The third-order valence-corrected chi connectivity index (χ3v) is 18.9. The second-order valence-electron chi connectivity index (χ2n) is 21.6. The van der Waals surface area contributed by atoms with Crippen molar-refractivity contribution in [3.63, 3.8) is 0 Å². The Morgan fingerprint density at radius 2 is 1.15 bits per heavy atom. The molecule has 4 heterocycles. The lowest BCUT2D eigenvalue weighted by molar-refractivity contribution is -0.693. The van der Waals surface area contributed by atoms with Crippen molar-refractivity contribution in [2.45, 2.75) is 82.9 Å². The number of aromatic nitrogens is 2. The molecule has 2 aromatic heterocycles. The van der Waals surface area contributed by atoms with Gasteiger partial charge in [0.25, 0.3) is 26.0 Å². The summed E-state index contributed by atoms with van der Waals surface area (Å²) < 4.78 is 76.6. The van der Waals surface area contributed by atoms with Gasteiger partial charge < -0.3 is 36.3 Å². The van der Waals surface area contributed by atoms with E-state index >= 15 is 0 Å². The number of anilines is 2. The minimum Gasteiger partial charge on any atom is -0.383 e. The first-order valence-corrected chi connectivity index (χ1v) is 34.0. The molecule has 0 fully saturated rings. The Hall–Kier alpha value is -7.46. The van der Waals surface area contributed by atoms with Crippen molar-refractivity contribution in [2.24, 2.45) is 0 Å². The number of carbonyl (C=O) groups excluding carboxylic acids is 1. The Balaban J connectivity index is 0.799. The quantitative estimate of drug-likeness (QED) is 0.0192. The van der Waals surface area contributed by atoms with Crippen LogP contribution in [0, 0.1) is 27.7 Å². The summed E-state index contributed by atoms with van der Waals surface area (Å²) in [5.74, 6) is 1.20. The lowest BCUT2D eigenvalue weighted by Gasteiger charge is -2.23. The number of hydrazine groups is 2. The molecule has 8 rings (SSSR count). The molecular weight excluding hydrogens is 1230 g/mol. The zero-order valence-corrected chi connectivity index (χ0v) is 54.0. The molecule has 91 heavy (non-hydrogen) atoms. The van der Waals surface area contributed by atoms with Crippen LogP contribution in [-0.4, -0.2) is 131 Å². The largest absolute Gasteiger partial charge is 0.383 e. The van der Waals surface area contributed by atoms with Crippen LogP contribution in [0.25, 0.3) is 0 Å². The van der Waals surface area contributed by atoms with Gasteiger partial charge in [0.2, 0.25) is 0 Å². The molecular formula is C62H84N14O12S3+2. The first-order chi connectivity index (χ1) is 43.8. The summed E-state index contributed by atoms with van der Waals surface area (Å²) in [5.41, 5.74) is 25.9. The average Bonchev–Trinajstić information content (AvgIpc) is 0.857. The normalized spacial score (nSPS) is 16.8. The van der Waals surface area contributed by atoms with E-state index in [9.17, 15) is 42.5 Å². The van der Waals surface area contributed by atoms with E-state index < -0.39 is 20.0 Å². The molecule has 1 amide bonds. The number of benzene rings is 2. The minimum absolute atomic E-state index is 0.0224. The molecule has 0 bridgehead atoms. The van der Waals surface area contributed by atoms with Gasteiger partial charge in [-0.3, -0.25) is 45.4 Å². The highest BCUT2D eigenvalue weighted by Crippen LogP contribution is 2.31. The number of rotatable bonds is 30.